The van der Waals surface area contributed by atoms with Gasteiger partial charge in [0.05, 0.1) is 27.5 Å². The van der Waals surface area contributed by atoms with Crippen LogP contribution >= 0.6 is 22.9 Å². The minimum absolute atomic E-state index is 0.368. The number of H-pyrrole nitrogens is 1. The zero-order valence-electron chi connectivity index (χ0n) is 10.5. The van der Waals surface area contributed by atoms with Crippen molar-refractivity contribution in [3.8, 4) is 0 Å². The first-order chi connectivity index (χ1) is 8.65. The van der Waals surface area contributed by atoms with Gasteiger partial charge in [-0.15, -0.1) is 11.3 Å². The van der Waals surface area contributed by atoms with E-state index in [4.69, 9.17) is 11.6 Å². The maximum atomic E-state index is 6.13. The summed E-state index contributed by atoms with van der Waals surface area (Å²) in [7, 11) is 0. The summed E-state index contributed by atoms with van der Waals surface area (Å²) in [5.41, 5.74) is 4.63. The van der Waals surface area contributed by atoms with Crippen molar-refractivity contribution >= 4 is 28.6 Å². The minimum atomic E-state index is 0.368. The Bertz CT molecular complexity index is 553. The Balaban J connectivity index is 1.91. The normalized spacial score (nSPS) is 18.7. The first kappa shape index (κ1) is 12.1. The van der Waals surface area contributed by atoms with Crippen molar-refractivity contribution in [3.63, 3.8) is 0 Å². The maximum absolute atomic E-state index is 6.13. The summed E-state index contributed by atoms with van der Waals surface area (Å²) in [6, 6.07) is 2.48. The fourth-order valence-corrected chi connectivity index (χ4v) is 3.99. The van der Waals surface area contributed by atoms with Gasteiger partial charge in [-0.2, -0.15) is 5.10 Å². The molecule has 0 aliphatic heterocycles. The number of fused-ring (bicyclic) bond motifs is 1. The molecule has 0 amide bonds. The molecule has 0 saturated carbocycles. The Hall–Kier alpha value is -1.00. The maximum Gasteiger partial charge on any atom is 0.0934 e. The van der Waals surface area contributed by atoms with Crippen LogP contribution in [0.25, 0.3) is 0 Å². The van der Waals surface area contributed by atoms with Crippen LogP contribution in [0, 0.1) is 13.8 Å². The number of nitrogens with zero attached hydrogens (tertiary/aromatic N) is 1. The van der Waals surface area contributed by atoms with Gasteiger partial charge in [0.15, 0.2) is 0 Å². The zero-order valence-corrected chi connectivity index (χ0v) is 12.1. The monoisotopic (exact) mass is 281 g/mol. The molecule has 0 spiro atoms. The van der Waals surface area contributed by atoms with E-state index in [0.29, 0.717) is 6.04 Å². The highest BCUT2D eigenvalue weighted by molar-refractivity contribution is 7.16. The Morgan fingerprint density at radius 2 is 2.33 bits per heavy atom. The Morgan fingerprint density at radius 1 is 1.50 bits per heavy atom. The molecule has 0 radical (unpaired) electrons. The van der Waals surface area contributed by atoms with Gasteiger partial charge in [-0.1, -0.05) is 11.6 Å². The summed E-state index contributed by atoms with van der Waals surface area (Å²) in [5, 5.41) is 10.9. The topological polar surface area (TPSA) is 40.7 Å². The van der Waals surface area contributed by atoms with Gasteiger partial charge in [0.2, 0.25) is 0 Å². The van der Waals surface area contributed by atoms with Gasteiger partial charge in [-0.05, 0) is 44.7 Å². The molecular weight excluding hydrogens is 266 g/mol. The molecular formula is C13H16ClN3S. The van der Waals surface area contributed by atoms with Crippen LogP contribution in [-0.4, -0.2) is 10.2 Å². The molecule has 1 atom stereocenters. The van der Waals surface area contributed by atoms with E-state index in [1.165, 1.54) is 16.9 Å². The molecule has 18 heavy (non-hydrogen) atoms. The molecule has 3 rings (SSSR count). The average molecular weight is 282 g/mol. The highest BCUT2D eigenvalue weighted by atomic mass is 35.5. The van der Waals surface area contributed by atoms with Crippen molar-refractivity contribution in [2.75, 3.05) is 5.32 Å². The average Bonchev–Trinajstić information content (AvgIpc) is 2.86. The molecule has 2 N–H and O–H groups in total. The standard InChI is InChI=1S/C13H16ClN3S/c1-7-13(8(2)17-16-7)15-10-4-3-5-11-9(10)6-12(14)18-11/h6,10,15H,3-5H2,1-2H3,(H,16,17). The SMILES string of the molecule is Cc1n[nH]c(C)c1NC1CCCc2sc(Cl)cc21. The fourth-order valence-electron chi connectivity index (χ4n) is 2.61. The summed E-state index contributed by atoms with van der Waals surface area (Å²) in [4.78, 5) is 1.43. The lowest BCUT2D eigenvalue weighted by atomic mass is 9.94. The predicted molar refractivity (Wildman–Crippen MR) is 76.7 cm³/mol. The van der Waals surface area contributed by atoms with Crippen molar-refractivity contribution in [1.82, 2.24) is 10.2 Å². The number of halogens is 1. The molecule has 2 aromatic rings. The summed E-state index contributed by atoms with van der Waals surface area (Å²) in [6.07, 6.45) is 3.54. The molecule has 1 unspecified atom stereocenters. The number of aromatic nitrogens is 2. The first-order valence-electron chi connectivity index (χ1n) is 6.21. The van der Waals surface area contributed by atoms with Crippen LogP contribution in [0.5, 0.6) is 0 Å². The molecule has 2 heterocycles. The van der Waals surface area contributed by atoms with Crippen LogP contribution in [0.3, 0.4) is 0 Å². The number of anilines is 1. The number of aromatic amines is 1. The Kier molecular flexibility index (Phi) is 3.08. The third-order valence-electron chi connectivity index (χ3n) is 3.53. The molecule has 2 aromatic heterocycles. The van der Waals surface area contributed by atoms with E-state index in [9.17, 15) is 0 Å². The van der Waals surface area contributed by atoms with E-state index in [0.717, 1.165) is 34.3 Å². The van der Waals surface area contributed by atoms with E-state index < -0.39 is 0 Å². The lowest BCUT2D eigenvalue weighted by molar-refractivity contribution is 0.608. The summed E-state index contributed by atoms with van der Waals surface area (Å²) in [6.45, 7) is 4.07. The largest absolute Gasteiger partial charge is 0.375 e. The molecule has 3 nitrogen and oxygen atoms in total. The van der Waals surface area contributed by atoms with Gasteiger partial charge in [0.25, 0.3) is 0 Å². The number of hydrogen-bond donors (Lipinski definition) is 2. The van der Waals surface area contributed by atoms with Crippen LogP contribution in [0.15, 0.2) is 6.07 Å². The van der Waals surface area contributed by atoms with E-state index in [1.54, 1.807) is 11.3 Å². The third kappa shape index (κ3) is 2.04. The summed E-state index contributed by atoms with van der Waals surface area (Å²) >= 11 is 7.85. The Morgan fingerprint density at radius 3 is 3.06 bits per heavy atom. The number of nitrogens with one attached hydrogen (secondary N) is 2. The van der Waals surface area contributed by atoms with Gasteiger partial charge in [0, 0.05) is 4.88 Å². The van der Waals surface area contributed by atoms with Crippen molar-refractivity contribution in [1.29, 1.82) is 0 Å². The second-order valence-electron chi connectivity index (χ2n) is 4.83. The van der Waals surface area contributed by atoms with E-state index in [1.807, 2.05) is 13.8 Å². The van der Waals surface area contributed by atoms with Crippen molar-refractivity contribution in [2.24, 2.45) is 0 Å². The summed E-state index contributed by atoms with van der Waals surface area (Å²) in [5.74, 6) is 0. The van der Waals surface area contributed by atoms with Gasteiger partial charge in [0.1, 0.15) is 0 Å². The number of thiophene rings is 1. The highest BCUT2D eigenvalue weighted by Crippen LogP contribution is 2.39. The molecule has 0 aromatic carbocycles. The molecule has 1 aliphatic carbocycles. The number of rotatable bonds is 2. The predicted octanol–water partition coefficient (Wildman–Crippen LogP) is 4.23. The molecule has 0 bridgehead atoms. The van der Waals surface area contributed by atoms with Crippen molar-refractivity contribution in [2.45, 2.75) is 39.2 Å². The van der Waals surface area contributed by atoms with E-state index in [2.05, 4.69) is 21.6 Å². The summed E-state index contributed by atoms with van der Waals surface area (Å²) < 4.78 is 0.898. The zero-order chi connectivity index (χ0) is 12.7. The number of aryl methyl sites for hydroxylation is 3. The van der Waals surface area contributed by atoms with Crippen LogP contribution in [0.4, 0.5) is 5.69 Å². The van der Waals surface area contributed by atoms with Crippen LogP contribution in [0.2, 0.25) is 4.34 Å². The Labute approximate surface area is 116 Å². The van der Waals surface area contributed by atoms with Crippen LogP contribution < -0.4 is 5.32 Å². The van der Waals surface area contributed by atoms with Gasteiger partial charge in [-0.3, -0.25) is 5.10 Å². The third-order valence-corrected chi connectivity index (χ3v) is 4.87. The van der Waals surface area contributed by atoms with E-state index >= 15 is 0 Å². The minimum Gasteiger partial charge on any atom is -0.375 e. The van der Waals surface area contributed by atoms with Crippen molar-refractivity contribution in [3.05, 3.63) is 32.2 Å². The lowest BCUT2D eigenvalue weighted by Crippen LogP contribution is -2.16. The lowest BCUT2D eigenvalue weighted by Gasteiger charge is -2.24. The van der Waals surface area contributed by atoms with Crippen LogP contribution in [-0.2, 0) is 6.42 Å². The quantitative estimate of drug-likeness (QED) is 0.865. The van der Waals surface area contributed by atoms with Crippen LogP contribution in [0.1, 0.15) is 40.7 Å². The van der Waals surface area contributed by atoms with E-state index in [-0.39, 0.29) is 0 Å². The van der Waals surface area contributed by atoms with Gasteiger partial charge in [-0.25, -0.2) is 0 Å². The van der Waals surface area contributed by atoms with Gasteiger partial charge < -0.3 is 5.32 Å². The molecule has 96 valence electrons. The highest BCUT2D eigenvalue weighted by Gasteiger charge is 2.23. The molecule has 0 saturated heterocycles. The fraction of sp³-hybridized carbons (Fsp3) is 0.462. The van der Waals surface area contributed by atoms with Gasteiger partial charge >= 0.3 is 0 Å². The second-order valence-corrected chi connectivity index (χ2v) is 6.60. The second kappa shape index (κ2) is 4.59. The number of hydrogen-bond acceptors (Lipinski definition) is 3. The molecule has 1 aliphatic rings. The van der Waals surface area contributed by atoms with Crippen molar-refractivity contribution < 1.29 is 0 Å². The smallest absolute Gasteiger partial charge is 0.0934 e. The first-order valence-corrected chi connectivity index (χ1v) is 7.41. The molecule has 5 heteroatoms. The molecule has 0 fully saturated rings.